The summed E-state index contributed by atoms with van der Waals surface area (Å²) in [5.41, 5.74) is 0.943. The third-order valence-electron chi connectivity index (χ3n) is 3.41. The van der Waals surface area contributed by atoms with Gasteiger partial charge in [-0.05, 0) is 32.8 Å². The molecular formula is C14H18N4O2S. The Kier molecular flexibility index (Phi) is 4.01. The van der Waals surface area contributed by atoms with Crippen LogP contribution in [0.5, 0.6) is 0 Å². The van der Waals surface area contributed by atoms with E-state index in [1.807, 2.05) is 24.5 Å². The lowest BCUT2D eigenvalue weighted by molar-refractivity contribution is -0.118. The second-order valence-corrected chi connectivity index (χ2v) is 6.01. The molecule has 1 fully saturated rings. The Morgan fingerprint density at radius 3 is 2.95 bits per heavy atom. The first kappa shape index (κ1) is 14.2. The molecule has 2 heterocycles. The zero-order valence-corrected chi connectivity index (χ0v) is 12.9. The van der Waals surface area contributed by atoms with Crippen molar-refractivity contribution in [3.63, 3.8) is 0 Å². The van der Waals surface area contributed by atoms with E-state index in [9.17, 15) is 4.79 Å². The van der Waals surface area contributed by atoms with Crippen LogP contribution in [0.3, 0.4) is 0 Å². The van der Waals surface area contributed by atoms with E-state index in [2.05, 4.69) is 15.5 Å². The number of nitrogens with one attached hydrogen (secondary N) is 1. The minimum Gasteiger partial charge on any atom is -0.469 e. The summed E-state index contributed by atoms with van der Waals surface area (Å²) in [5.74, 6) is 2.04. The summed E-state index contributed by atoms with van der Waals surface area (Å²) < 4.78 is 7.33. The van der Waals surface area contributed by atoms with E-state index in [1.165, 1.54) is 11.8 Å². The minimum absolute atomic E-state index is 0.0641. The normalized spacial score (nSPS) is 14.4. The van der Waals surface area contributed by atoms with Crippen LogP contribution < -0.4 is 5.32 Å². The zero-order valence-electron chi connectivity index (χ0n) is 12.1. The molecule has 6 nitrogen and oxygen atoms in total. The average Bonchev–Trinajstić information content (AvgIpc) is 3.03. The van der Waals surface area contributed by atoms with Gasteiger partial charge in [0.05, 0.1) is 17.6 Å². The van der Waals surface area contributed by atoms with Crippen LogP contribution in [0, 0.1) is 6.92 Å². The van der Waals surface area contributed by atoms with Crippen molar-refractivity contribution in [3.05, 3.63) is 18.1 Å². The van der Waals surface area contributed by atoms with Crippen molar-refractivity contribution in [1.29, 1.82) is 0 Å². The molecule has 0 radical (unpaired) electrons. The second-order valence-electron chi connectivity index (χ2n) is 5.07. The molecule has 0 aliphatic heterocycles. The van der Waals surface area contributed by atoms with E-state index in [0.29, 0.717) is 11.8 Å². The fraction of sp³-hybridized carbons (Fsp3) is 0.500. The Bertz CT molecular complexity index is 645. The van der Waals surface area contributed by atoms with E-state index >= 15 is 0 Å². The number of aromatic nitrogens is 3. The maximum absolute atomic E-state index is 11.8. The van der Waals surface area contributed by atoms with Gasteiger partial charge in [-0.1, -0.05) is 11.8 Å². The monoisotopic (exact) mass is 306 g/mol. The molecule has 0 saturated heterocycles. The van der Waals surface area contributed by atoms with E-state index in [0.717, 1.165) is 41.7 Å². The standard InChI is InChI=1S/C14H18N4O2S/c1-3-18-13(11-6-7-20-9(11)2)16-17-14(18)21-8-12(19)15-10-4-5-10/h6-7,10H,3-5,8H2,1-2H3,(H,15,19). The molecule has 1 N–H and O–H groups in total. The van der Waals surface area contributed by atoms with Crippen LogP contribution in [-0.2, 0) is 11.3 Å². The molecule has 1 amide bonds. The number of furan rings is 1. The Morgan fingerprint density at radius 2 is 2.33 bits per heavy atom. The lowest BCUT2D eigenvalue weighted by atomic mass is 10.2. The fourth-order valence-electron chi connectivity index (χ4n) is 2.12. The van der Waals surface area contributed by atoms with E-state index in [1.54, 1.807) is 6.26 Å². The van der Waals surface area contributed by atoms with Gasteiger partial charge in [0, 0.05) is 12.6 Å². The first-order valence-corrected chi connectivity index (χ1v) is 8.07. The number of rotatable bonds is 6. The molecule has 0 aromatic carbocycles. The largest absolute Gasteiger partial charge is 0.469 e. The van der Waals surface area contributed by atoms with Gasteiger partial charge in [0.25, 0.3) is 0 Å². The van der Waals surface area contributed by atoms with Gasteiger partial charge in [-0.15, -0.1) is 10.2 Å². The van der Waals surface area contributed by atoms with Crippen molar-refractivity contribution >= 4 is 17.7 Å². The Labute approximate surface area is 127 Å². The van der Waals surface area contributed by atoms with Crippen LogP contribution in [0.25, 0.3) is 11.4 Å². The lowest BCUT2D eigenvalue weighted by Gasteiger charge is -2.06. The Morgan fingerprint density at radius 1 is 1.52 bits per heavy atom. The first-order chi connectivity index (χ1) is 10.2. The van der Waals surface area contributed by atoms with Crippen molar-refractivity contribution < 1.29 is 9.21 Å². The average molecular weight is 306 g/mol. The highest BCUT2D eigenvalue weighted by molar-refractivity contribution is 7.99. The van der Waals surface area contributed by atoms with Crippen molar-refractivity contribution in [2.24, 2.45) is 0 Å². The summed E-state index contributed by atoms with van der Waals surface area (Å²) >= 11 is 1.42. The Hall–Kier alpha value is -1.76. The third-order valence-corrected chi connectivity index (χ3v) is 4.37. The SMILES string of the molecule is CCn1c(SCC(=O)NC2CC2)nnc1-c1ccoc1C. The van der Waals surface area contributed by atoms with E-state index < -0.39 is 0 Å². The molecule has 0 spiro atoms. The van der Waals surface area contributed by atoms with Crippen LogP contribution >= 0.6 is 11.8 Å². The van der Waals surface area contributed by atoms with Crippen molar-refractivity contribution in [1.82, 2.24) is 20.1 Å². The number of amides is 1. The quantitative estimate of drug-likeness (QED) is 0.829. The van der Waals surface area contributed by atoms with E-state index in [-0.39, 0.29) is 5.91 Å². The molecular weight excluding hydrogens is 288 g/mol. The maximum atomic E-state index is 11.8. The summed E-state index contributed by atoms with van der Waals surface area (Å²) in [5, 5.41) is 12.2. The second kappa shape index (κ2) is 5.93. The van der Waals surface area contributed by atoms with Gasteiger partial charge >= 0.3 is 0 Å². The predicted molar refractivity (Wildman–Crippen MR) is 80.0 cm³/mol. The molecule has 1 saturated carbocycles. The highest BCUT2D eigenvalue weighted by Gasteiger charge is 2.23. The molecule has 2 aromatic rings. The summed E-state index contributed by atoms with van der Waals surface area (Å²) in [6.45, 7) is 4.69. The highest BCUT2D eigenvalue weighted by Crippen LogP contribution is 2.27. The van der Waals surface area contributed by atoms with Crippen LogP contribution in [0.15, 0.2) is 21.9 Å². The van der Waals surface area contributed by atoms with Gasteiger partial charge in [-0.25, -0.2) is 0 Å². The van der Waals surface area contributed by atoms with Gasteiger partial charge in [-0.3, -0.25) is 4.79 Å². The minimum atomic E-state index is 0.0641. The zero-order chi connectivity index (χ0) is 14.8. The van der Waals surface area contributed by atoms with Gasteiger partial charge in [0.15, 0.2) is 11.0 Å². The highest BCUT2D eigenvalue weighted by atomic mass is 32.2. The topological polar surface area (TPSA) is 73.0 Å². The van der Waals surface area contributed by atoms with Gasteiger partial charge in [0.1, 0.15) is 5.76 Å². The molecule has 21 heavy (non-hydrogen) atoms. The number of carbonyl (C=O) groups is 1. The molecule has 0 bridgehead atoms. The van der Waals surface area contributed by atoms with Crippen molar-refractivity contribution in [2.45, 2.75) is 44.4 Å². The van der Waals surface area contributed by atoms with Gasteiger partial charge in [0.2, 0.25) is 5.91 Å². The number of thioether (sulfide) groups is 1. The van der Waals surface area contributed by atoms with Crippen LogP contribution in [0.2, 0.25) is 0 Å². The smallest absolute Gasteiger partial charge is 0.230 e. The van der Waals surface area contributed by atoms with Gasteiger partial charge < -0.3 is 14.3 Å². The number of aryl methyl sites for hydroxylation is 1. The molecule has 0 atom stereocenters. The molecule has 7 heteroatoms. The van der Waals surface area contributed by atoms with Crippen molar-refractivity contribution in [2.75, 3.05) is 5.75 Å². The predicted octanol–water partition coefficient (Wildman–Crippen LogP) is 2.24. The lowest BCUT2D eigenvalue weighted by Crippen LogP contribution is -2.27. The van der Waals surface area contributed by atoms with Gasteiger partial charge in [-0.2, -0.15) is 0 Å². The number of nitrogens with zero attached hydrogens (tertiary/aromatic N) is 3. The summed E-state index contributed by atoms with van der Waals surface area (Å²) in [6.07, 6.45) is 3.85. The number of hydrogen-bond donors (Lipinski definition) is 1. The molecule has 0 unspecified atom stereocenters. The van der Waals surface area contributed by atoms with Crippen LogP contribution in [0.4, 0.5) is 0 Å². The maximum Gasteiger partial charge on any atom is 0.230 e. The van der Waals surface area contributed by atoms with E-state index in [4.69, 9.17) is 4.42 Å². The third kappa shape index (κ3) is 3.12. The fourth-order valence-corrected chi connectivity index (χ4v) is 2.94. The Balaban J connectivity index is 1.72. The molecule has 112 valence electrons. The molecule has 2 aromatic heterocycles. The van der Waals surface area contributed by atoms with Crippen molar-refractivity contribution in [3.8, 4) is 11.4 Å². The summed E-state index contributed by atoms with van der Waals surface area (Å²) in [6, 6.07) is 2.28. The molecule has 3 rings (SSSR count). The number of hydrogen-bond acceptors (Lipinski definition) is 5. The first-order valence-electron chi connectivity index (χ1n) is 7.09. The molecule has 1 aliphatic rings. The van der Waals surface area contributed by atoms with Crippen LogP contribution in [-0.4, -0.2) is 32.5 Å². The number of carbonyl (C=O) groups excluding carboxylic acids is 1. The molecule has 1 aliphatic carbocycles. The summed E-state index contributed by atoms with van der Waals surface area (Å²) in [7, 11) is 0. The van der Waals surface area contributed by atoms with Crippen LogP contribution in [0.1, 0.15) is 25.5 Å². The summed E-state index contributed by atoms with van der Waals surface area (Å²) in [4.78, 5) is 11.8.